The highest BCUT2D eigenvalue weighted by Gasteiger charge is 2.21. The van der Waals surface area contributed by atoms with Crippen molar-refractivity contribution in [3.8, 4) is 0 Å². The van der Waals surface area contributed by atoms with E-state index in [4.69, 9.17) is 4.42 Å². The third kappa shape index (κ3) is 3.45. The molecule has 0 fully saturated rings. The molecule has 0 bridgehead atoms. The number of hydrogen-bond donors (Lipinski definition) is 1. The van der Waals surface area contributed by atoms with Crippen LogP contribution in [-0.4, -0.2) is 31.8 Å². The van der Waals surface area contributed by atoms with Crippen LogP contribution in [0.5, 0.6) is 0 Å². The van der Waals surface area contributed by atoms with Gasteiger partial charge in [-0.15, -0.1) is 11.3 Å². The summed E-state index contributed by atoms with van der Waals surface area (Å²) in [5, 5.41) is 4.19. The third-order valence-corrected chi connectivity index (χ3v) is 5.24. The molecule has 0 aliphatic rings. The Hall–Kier alpha value is -1.22. The highest BCUT2D eigenvalue weighted by molar-refractivity contribution is 7.88. The van der Waals surface area contributed by atoms with Crippen molar-refractivity contribution >= 4 is 21.4 Å². The molecule has 0 saturated carbocycles. The maximum Gasteiger partial charge on any atom is 0.275 e. The lowest BCUT2D eigenvalue weighted by molar-refractivity contribution is 0.389. The molecule has 0 aliphatic heterocycles. The van der Waals surface area contributed by atoms with E-state index in [0.717, 1.165) is 14.2 Å². The maximum absolute atomic E-state index is 11.8. The summed E-state index contributed by atoms with van der Waals surface area (Å²) in [5.41, 5.74) is 0. The molecule has 20 heavy (non-hydrogen) atoms. The molecule has 2 aromatic heterocycles. The van der Waals surface area contributed by atoms with Crippen LogP contribution in [0.15, 0.2) is 27.8 Å². The van der Waals surface area contributed by atoms with Gasteiger partial charge in [-0.1, -0.05) is 0 Å². The SMILES string of the molecule is Cc1ncc(CNCc2ccc(S(=O)(=O)N(C)C)o2)s1. The van der Waals surface area contributed by atoms with Crippen LogP contribution in [0.3, 0.4) is 0 Å². The summed E-state index contributed by atoms with van der Waals surface area (Å²) in [6.45, 7) is 3.11. The lowest BCUT2D eigenvalue weighted by Crippen LogP contribution is -2.21. The monoisotopic (exact) mass is 315 g/mol. The predicted octanol–water partition coefficient (Wildman–Crippen LogP) is 1.58. The van der Waals surface area contributed by atoms with Crippen LogP contribution < -0.4 is 5.32 Å². The topological polar surface area (TPSA) is 75.4 Å². The molecule has 0 saturated heterocycles. The number of nitrogens with one attached hydrogen (secondary N) is 1. The molecule has 110 valence electrons. The summed E-state index contributed by atoms with van der Waals surface area (Å²) in [6, 6.07) is 3.14. The van der Waals surface area contributed by atoms with Crippen LogP contribution >= 0.6 is 11.3 Å². The van der Waals surface area contributed by atoms with Crippen LogP contribution in [0.25, 0.3) is 0 Å². The highest BCUT2D eigenvalue weighted by Crippen LogP contribution is 2.17. The van der Waals surface area contributed by atoms with Crippen molar-refractivity contribution in [2.45, 2.75) is 25.1 Å². The van der Waals surface area contributed by atoms with Gasteiger partial charge in [0.05, 0.1) is 11.6 Å². The highest BCUT2D eigenvalue weighted by atomic mass is 32.2. The van der Waals surface area contributed by atoms with Crippen molar-refractivity contribution in [1.82, 2.24) is 14.6 Å². The lowest BCUT2D eigenvalue weighted by atomic mass is 10.4. The molecule has 1 N–H and O–H groups in total. The molecule has 0 aliphatic carbocycles. The molecule has 2 heterocycles. The number of rotatable bonds is 6. The first kappa shape index (κ1) is 15.2. The number of hydrogen-bond acceptors (Lipinski definition) is 6. The van der Waals surface area contributed by atoms with E-state index in [-0.39, 0.29) is 5.09 Å². The number of sulfonamides is 1. The van der Waals surface area contributed by atoms with Crippen molar-refractivity contribution in [2.75, 3.05) is 14.1 Å². The fourth-order valence-electron chi connectivity index (χ4n) is 1.57. The smallest absolute Gasteiger partial charge is 0.275 e. The van der Waals surface area contributed by atoms with E-state index in [1.54, 1.807) is 17.4 Å². The van der Waals surface area contributed by atoms with Gasteiger partial charge in [0.15, 0.2) is 0 Å². The second-order valence-electron chi connectivity index (χ2n) is 4.46. The normalized spacial score (nSPS) is 12.2. The Morgan fingerprint density at radius 1 is 1.35 bits per heavy atom. The van der Waals surface area contributed by atoms with Gasteiger partial charge in [-0.05, 0) is 19.1 Å². The van der Waals surface area contributed by atoms with Crippen LogP contribution in [-0.2, 0) is 23.1 Å². The van der Waals surface area contributed by atoms with Crippen molar-refractivity contribution < 1.29 is 12.8 Å². The summed E-state index contributed by atoms with van der Waals surface area (Å²) in [4.78, 5) is 5.30. The Morgan fingerprint density at radius 3 is 2.70 bits per heavy atom. The van der Waals surface area contributed by atoms with E-state index in [9.17, 15) is 8.42 Å². The van der Waals surface area contributed by atoms with Gasteiger partial charge in [-0.25, -0.2) is 17.7 Å². The molecule has 6 nitrogen and oxygen atoms in total. The average Bonchev–Trinajstić information content (AvgIpc) is 2.99. The van der Waals surface area contributed by atoms with Crippen molar-refractivity contribution in [1.29, 1.82) is 0 Å². The van der Waals surface area contributed by atoms with Gasteiger partial charge in [0.1, 0.15) is 5.76 Å². The zero-order valence-electron chi connectivity index (χ0n) is 11.6. The molecular formula is C12H17N3O3S2. The van der Waals surface area contributed by atoms with Gasteiger partial charge in [-0.2, -0.15) is 0 Å². The Bertz CT molecular complexity index is 674. The Labute approximate surface area is 122 Å². The Kier molecular flexibility index (Phi) is 4.59. The molecule has 8 heteroatoms. The van der Waals surface area contributed by atoms with Crippen molar-refractivity contribution in [2.24, 2.45) is 0 Å². The molecular weight excluding hydrogens is 298 g/mol. The van der Waals surface area contributed by atoms with E-state index < -0.39 is 10.0 Å². The molecule has 2 rings (SSSR count). The number of furan rings is 1. The van der Waals surface area contributed by atoms with Crippen molar-refractivity contribution in [3.05, 3.63) is 34.0 Å². The van der Waals surface area contributed by atoms with E-state index in [0.29, 0.717) is 18.8 Å². The molecule has 0 radical (unpaired) electrons. The minimum absolute atomic E-state index is 0.0343. The minimum Gasteiger partial charge on any atom is -0.447 e. The summed E-state index contributed by atoms with van der Waals surface area (Å²) < 4.78 is 30.2. The third-order valence-electron chi connectivity index (χ3n) is 2.64. The van der Waals surface area contributed by atoms with Gasteiger partial charge < -0.3 is 9.73 Å². The van der Waals surface area contributed by atoms with Gasteiger partial charge in [0, 0.05) is 31.7 Å². The zero-order chi connectivity index (χ0) is 14.8. The summed E-state index contributed by atoms with van der Waals surface area (Å²) >= 11 is 1.63. The zero-order valence-corrected chi connectivity index (χ0v) is 13.2. The Balaban J connectivity index is 1.93. The molecule has 0 atom stereocenters. The quantitative estimate of drug-likeness (QED) is 0.876. The summed E-state index contributed by atoms with van der Waals surface area (Å²) in [6.07, 6.45) is 1.83. The molecule has 0 amide bonds. The van der Waals surface area contributed by atoms with E-state index in [1.807, 2.05) is 13.1 Å². The fourth-order valence-corrected chi connectivity index (χ4v) is 3.14. The molecule has 2 aromatic rings. The average molecular weight is 315 g/mol. The second-order valence-corrected chi connectivity index (χ2v) is 7.86. The summed E-state index contributed by atoms with van der Waals surface area (Å²) in [5.74, 6) is 0.590. The molecule has 0 aromatic carbocycles. The van der Waals surface area contributed by atoms with Crippen LogP contribution in [0.4, 0.5) is 0 Å². The first-order valence-corrected chi connectivity index (χ1v) is 8.28. The standard InChI is InChI=1S/C12H17N3O3S2/c1-9-14-8-11(19-9)7-13-6-10-4-5-12(18-10)20(16,17)15(2)3/h4-5,8,13H,6-7H2,1-3H3. The van der Waals surface area contributed by atoms with Gasteiger partial charge in [0.2, 0.25) is 5.09 Å². The van der Waals surface area contributed by atoms with Crippen molar-refractivity contribution in [3.63, 3.8) is 0 Å². The van der Waals surface area contributed by atoms with Gasteiger partial charge >= 0.3 is 0 Å². The summed E-state index contributed by atoms with van der Waals surface area (Å²) in [7, 11) is -0.551. The van der Waals surface area contributed by atoms with E-state index in [1.165, 1.54) is 20.2 Å². The van der Waals surface area contributed by atoms with Crippen LogP contribution in [0.2, 0.25) is 0 Å². The number of aromatic nitrogens is 1. The van der Waals surface area contributed by atoms with E-state index in [2.05, 4.69) is 10.3 Å². The second kappa shape index (κ2) is 6.04. The lowest BCUT2D eigenvalue weighted by Gasteiger charge is -2.07. The van der Waals surface area contributed by atoms with Crippen LogP contribution in [0.1, 0.15) is 15.6 Å². The number of nitrogens with zero attached hydrogens (tertiary/aromatic N) is 2. The fraction of sp³-hybridized carbons (Fsp3) is 0.417. The Morgan fingerprint density at radius 2 is 2.10 bits per heavy atom. The largest absolute Gasteiger partial charge is 0.447 e. The molecule has 0 unspecified atom stereocenters. The first-order valence-electron chi connectivity index (χ1n) is 6.03. The van der Waals surface area contributed by atoms with Gasteiger partial charge in [0.25, 0.3) is 10.0 Å². The predicted molar refractivity (Wildman–Crippen MR) is 77.0 cm³/mol. The van der Waals surface area contributed by atoms with Crippen LogP contribution in [0, 0.1) is 6.92 Å². The van der Waals surface area contributed by atoms with Gasteiger partial charge in [-0.3, -0.25) is 0 Å². The molecule has 0 spiro atoms. The number of aryl methyl sites for hydroxylation is 1. The maximum atomic E-state index is 11.8. The first-order chi connectivity index (χ1) is 9.39. The minimum atomic E-state index is -3.50. The van der Waals surface area contributed by atoms with E-state index >= 15 is 0 Å². The number of thiazole rings is 1.